The lowest BCUT2D eigenvalue weighted by molar-refractivity contribution is -0.139. The van der Waals surface area contributed by atoms with Crippen molar-refractivity contribution in [1.29, 1.82) is 0 Å². The number of nitrogens with zero attached hydrogens (tertiary/aromatic N) is 3. The van der Waals surface area contributed by atoms with Gasteiger partial charge in [0.2, 0.25) is 0 Å². The predicted octanol–water partition coefficient (Wildman–Crippen LogP) is 3.19. The lowest BCUT2D eigenvalue weighted by atomic mass is 10.2. The third-order valence-electron chi connectivity index (χ3n) is 3.08. The molecule has 1 aromatic heterocycles. The highest BCUT2D eigenvalue weighted by Gasteiger charge is 2.15. The van der Waals surface area contributed by atoms with Gasteiger partial charge in [0.05, 0.1) is 19.0 Å². The molecule has 0 radical (unpaired) electrons. The maximum atomic E-state index is 11.5. The van der Waals surface area contributed by atoms with Crippen LogP contribution in [0.15, 0.2) is 42.1 Å². The summed E-state index contributed by atoms with van der Waals surface area (Å²) in [6.07, 6.45) is 1.77. The van der Waals surface area contributed by atoms with Crippen molar-refractivity contribution >= 4 is 17.7 Å². The van der Waals surface area contributed by atoms with E-state index in [1.54, 1.807) is 13.0 Å². The zero-order valence-electron chi connectivity index (χ0n) is 13.9. The van der Waals surface area contributed by atoms with Gasteiger partial charge in [-0.3, -0.25) is 9.36 Å². The minimum absolute atomic E-state index is 0.201. The van der Waals surface area contributed by atoms with Gasteiger partial charge in [0, 0.05) is 12.1 Å². The number of allylic oxidation sites excluding steroid dienone is 1. The summed E-state index contributed by atoms with van der Waals surface area (Å²) in [5.41, 5.74) is 0.927. The number of hydrogen-bond acceptors (Lipinski definition) is 6. The van der Waals surface area contributed by atoms with Crippen LogP contribution in [0.3, 0.4) is 0 Å². The molecular weight excluding hydrogens is 326 g/mol. The number of rotatable bonds is 9. The quantitative estimate of drug-likeness (QED) is 0.394. The van der Waals surface area contributed by atoms with Crippen LogP contribution < -0.4 is 4.74 Å². The molecule has 0 aliphatic rings. The van der Waals surface area contributed by atoms with Crippen LogP contribution in [0.25, 0.3) is 11.4 Å². The number of carbonyl (C=O) groups is 1. The van der Waals surface area contributed by atoms with Crippen molar-refractivity contribution in [2.75, 3.05) is 19.0 Å². The van der Waals surface area contributed by atoms with Gasteiger partial charge in [0.15, 0.2) is 11.0 Å². The molecule has 0 saturated heterocycles. The van der Waals surface area contributed by atoms with E-state index in [0.29, 0.717) is 24.9 Å². The van der Waals surface area contributed by atoms with E-state index in [4.69, 9.17) is 9.47 Å². The van der Waals surface area contributed by atoms with E-state index in [9.17, 15) is 4.79 Å². The fourth-order valence-corrected chi connectivity index (χ4v) is 2.84. The predicted molar refractivity (Wildman–Crippen MR) is 94.2 cm³/mol. The molecule has 0 amide bonds. The molecule has 24 heavy (non-hydrogen) atoms. The SMILES string of the molecule is C=CCn1c(SCC(=O)OCC)nnc1-c1ccc(OCC)cc1. The van der Waals surface area contributed by atoms with E-state index >= 15 is 0 Å². The van der Waals surface area contributed by atoms with E-state index in [1.807, 2.05) is 35.8 Å². The second-order valence-corrected chi connectivity index (χ2v) is 5.70. The van der Waals surface area contributed by atoms with Crippen LogP contribution in [0.2, 0.25) is 0 Å². The molecule has 0 unspecified atom stereocenters. The molecule has 0 fully saturated rings. The standard InChI is InChI=1S/C17H21N3O3S/c1-4-11-20-16(13-7-9-14(10-8-13)22-5-2)18-19-17(20)24-12-15(21)23-6-3/h4,7-10H,1,5-6,11-12H2,2-3H3. The number of benzene rings is 1. The summed E-state index contributed by atoms with van der Waals surface area (Å²) in [5, 5.41) is 9.11. The first-order chi connectivity index (χ1) is 11.7. The van der Waals surface area contributed by atoms with Gasteiger partial charge in [0.1, 0.15) is 5.75 Å². The van der Waals surface area contributed by atoms with Gasteiger partial charge in [-0.1, -0.05) is 17.8 Å². The maximum Gasteiger partial charge on any atom is 0.316 e. The van der Waals surface area contributed by atoms with E-state index < -0.39 is 0 Å². The fraction of sp³-hybridized carbons (Fsp3) is 0.353. The molecule has 0 spiro atoms. The molecule has 0 saturated carbocycles. The minimum atomic E-state index is -0.265. The largest absolute Gasteiger partial charge is 0.494 e. The Kier molecular flexibility index (Phi) is 6.87. The summed E-state index contributed by atoms with van der Waals surface area (Å²) in [4.78, 5) is 11.5. The van der Waals surface area contributed by atoms with E-state index in [-0.39, 0.29) is 11.7 Å². The monoisotopic (exact) mass is 347 g/mol. The zero-order valence-corrected chi connectivity index (χ0v) is 14.7. The van der Waals surface area contributed by atoms with Crippen molar-refractivity contribution in [3.63, 3.8) is 0 Å². The van der Waals surface area contributed by atoms with E-state index in [2.05, 4.69) is 16.8 Å². The third-order valence-corrected chi connectivity index (χ3v) is 4.02. The number of hydrogen-bond donors (Lipinski definition) is 0. The average Bonchev–Trinajstić information content (AvgIpc) is 2.97. The van der Waals surface area contributed by atoms with Gasteiger partial charge >= 0.3 is 5.97 Å². The number of esters is 1. The molecule has 0 aliphatic heterocycles. The molecule has 0 aliphatic carbocycles. The molecule has 0 atom stereocenters. The molecule has 2 rings (SSSR count). The lowest BCUT2D eigenvalue weighted by Gasteiger charge is -2.08. The van der Waals surface area contributed by atoms with Gasteiger partial charge in [-0.2, -0.15) is 0 Å². The summed E-state index contributed by atoms with van der Waals surface area (Å²) in [5.74, 6) is 1.47. The second-order valence-electron chi connectivity index (χ2n) is 4.76. The van der Waals surface area contributed by atoms with Crippen LogP contribution in [-0.4, -0.2) is 39.7 Å². The van der Waals surface area contributed by atoms with Gasteiger partial charge in [-0.25, -0.2) is 0 Å². The summed E-state index contributed by atoms with van der Waals surface area (Å²) < 4.78 is 12.3. The van der Waals surface area contributed by atoms with Crippen molar-refractivity contribution in [2.45, 2.75) is 25.5 Å². The van der Waals surface area contributed by atoms with Crippen LogP contribution in [-0.2, 0) is 16.1 Å². The third kappa shape index (κ3) is 4.61. The van der Waals surface area contributed by atoms with Crippen molar-refractivity contribution in [3.8, 4) is 17.1 Å². The Bertz CT molecular complexity index is 683. The zero-order chi connectivity index (χ0) is 17.4. The molecule has 2 aromatic rings. The Balaban J connectivity index is 2.20. The van der Waals surface area contributed by atoms with E-state index in [1.165, 1.54) is 11.8 Å². The average molecular weight is 347 g/mol. The number of thioether (sulfide) groups is 1. The molecule has 1 aromatic carbocycles. The summed E-state index contributed by atoms with van der Waals surface area (Å²) in [6.45, 7) is 9.06. The summed E-state index contributed by atoms with van der Waals surface area (Å²) in [7, 11) is 0. The van der Waals surface area contributed by atoms with Crippen LogP contribution in [0, 0.1) is 0 Å². The lowest BCUT2D eigenvalue weighted by Crippen LogP contribution is -2.08. The number of carbonyl (C=O) groups excluding carboxylic acids is 1. The maximum absolute atomic E-state index is 11.5. The Hall–Kier alpha value is -2.28. The van der Waals surface area contributed by atoms with Crippen LogP contribution in [0.4, 0.5) is 0 Å². The number of aromatic nitrogens is 3. The molecule has 7 heteroatoms. The number of ether oxygens (including phenoxy) is 2. The molecule has 6 nitrogen and oxygen atoms in total. The topological polar surface area (TPSA) is 66.2 Å². The molecule has 128 valence electrons. The molecular formula is C17H21N3O3S. The highest BCUT2D eigenvalue weighted by atomic mass is 32.2. The van der Waals surface area contributed by atoms with Crippen LogP contribution in [0.5, 0.6) is 5.75 Å². The summed E-state index contributed by atoms with van der Waals surface area (Å²) >= 11 is 1.30. The van der Waals surface area contributed by atoms with Crippen LogP contribution >= 0.6 is 11.8 Å². The molecule has 0 bridgehead atoms. The van der Waals surface area contributed by atoms with Gasteiger partial charge in [-0.05, 0) is 38.1 Å². The smallest absolute Gasteiger partial charge is 0.316 e. The van der Waals surface area contributed by atoms with E-state index in [0.717, 1.165) is 17.1 Å². The highest BCUT2D eigenvalue weighted by Crippen LogP contribution is 2.25. The van der Waals surface area contributed by atoms with Crippen molar-refractivity contribution in [3.05, 3.63) is 36.9 Å². The van der Waals surface area contributed by atoms with Gasteiger partial charge < -0.3 is 9.47 Å². The molecule has 0 N–H and O–H groups in total. The highest BCUT2D eigenvalue weighted by molar-refractivity contribution is 7.99. The normalized spacial score (nSPS) is 10.4. The Labute approximate surface area is 145 Å². The first kappa shape index (κ1) is 18.1. The van der Waals surface area contributed by atoms with Gasteiger partial charge in [-0.15, -0.1) is 16.8 Å². The fourth-order valence-electron chi connectivity index (χ4n) is 2.10. The van der Waals surface area contributed by atoms with Crippen molar-refractivity contribution in [1.82, 2.24) is 14.8 Å². The Morgan fingerprint density at radius 2 is 2.00 bits per heavy atom. The first-order valence-electron chi connectivity index (χ1n) is 7.75. The molecule has 1 heterocycles. The minimum Gasteiger partial charge on any atom is -0.494 e. The summed E-state index contributed by atoms with van der Waals surface area (Å²) in [6, 6.07) is 7.68. The van der Waals surface area contributed by atoms with Gasteiger partial charge in [0.25, 0.3) is 0 Å². The Morgan fingerprint density at radius 1 is 1.25 bits per heavy atom. The van der Waals surface area contributed by atoms with Crippen molar-refractivity contribution in [2.24, 2.45) is 0 Å². The Morgan fingerprint density at radius 3 is 2.62 bits per heavy atom. The second kappa shape index (κ2) is 9.12. The van der Waals surface area contributed by atoms with Crippen molar-refractivity contribution < 1.29 is 14.3 Å². The first-order valence-corrected chi connectivity index (χ1v) is 8.73. The van der Waals surface area contributed by atoms with Crippen LogP contribution in [0.1, 0.15) is 13.8 Å².